The molecular formula is C29H36N4O2S. The topological polar surface area (TPSA) is 56.8 Å². The fourth-order valence-corrected chi connectivity index (χ4v) is 8.98. The molecule has 6 nitrogen and oxygen atoms in total. The van der Waals surface area contributed by atoms with Gasteiger partial charge in [-0.05, 0) is 73.0 Å². The SMILES string of the molecule is C=C1C[C@H]2C[C@H]1[C@H]1C(=O)N(C[C@@H]3CCCC[C@H]3CN3CCN(c4nsc5ccccc45)CC3)C(=O)[C@@H]21. The summed E-state index contributed by atoms with van der Waals surface area (Å²) in [6.07, 6.45) is 6.80. The predicted octanol–water partition coefficient (Wildman–Crippen LogP) is 4.42. The van der Waals surface area contributed by atoms with E-state index in [1.54, 1.807) is 16.4 Å². The lowest BCUT2D eigenvalue weighted by Crippen LogP contribution is -2.49. The molecule has 0 radical (unpaired) electrons. The second-order valence-corrected chi connectivity index (χ2v) is 12.7. The summed E-state index contributed by atoms with van der Waals surface area (Å²) in [5.74, 6) is 2.87. The Kier molecular flexibility index (Phi) is 5.69. The number of fused-ring (bicyclic) bond motifs is 6. The van der Waals surface area contributed by atoms with Crippen LogP contribution >= 0.6 is 11.5 Å². The van der Waals surface area contributed by atoms with Gasteiger partial charge < -0.3 is 4.90 Å². The lowest BCUT2D eigenvalue weighted by atomic mass is 9.78. The maximum absolute atomic E-state index is 13.4. The number of anilines is 1. The molecule has 6 atom stereocenters. The summed E-state index contributed by atoms with van der Waals surface area (Å²) in [6.45, 7) is 10.1. The highest BCUT2D eigenvalue weighted by molar-refractivity contribution is 7.13. The number of allylic oxidation sites excluding steroid dienone is 1. The molecule has 3 saturated carbocycles. The summed E-state index contributed by atoms with van der Waals surface area (Å²) >= 11 is 1.59. The van der Waals surface area contributed by atoms with Crippen LogP contribution in [0.2, 0.25) is 0 Å². The normalized spacial score (nSPS) is 34.8. The van der Waals surface area contributed by atoms with E-state index in [0.717, 1.165) is 57.8 Å². The molecule has 36 heavy (non-hydrogen) atoms. The minimum atomic E-state index is -0.0966. The van der Waals surface area contributed by atoms with Gasteiger partial charge in [-0.3, -0.25) is 19.4 Å². The first kappa shape index (κ1) is 22.9. The van der Waals surface area contributed by atoms with Gasteiger partial charge in [0, 0.05) is 44.7 Å². The minimum absolute atomic E-state index is 0.0510. The van der Waals surface area contributed by atoms with E-state index >= 15 is 0 Å². The monoisotopic (exact) mass is 504 g/mol. The predicted molar refractivity (Wildman–Crippen MR) is 143 cm³/mol. The Morgan fingerprint density at radius 1 is 0.944 bits per heavy atom. The van der Waals surface area contributed by atoms with Gasteiger partial charge in [0.05, 0.1) is 16.5 Å². The van der Waals surface area contributed by atoms with Crippen LogP contribution in [0.5, 0.6) is 0 Å². The number of rotatable bonds is 5. The van der Waals surface area contributed by atoms with Crippen molar-refractivity contribution in [3.63, 3.8) is 0 Å². The summed E-state index contributed by atoms with van der Waals surface area (Å²) in [6, 6.07) is 8.52. The van der Waals surface area contributed by atoms with Crippen LogP contribution in [0, 0.1) is 35.5 Å². The van der Waals surface area contributed by atoms with Gasteiger partial charge in [0.1, 0.15) is 5.82 Å². The number of carbonyl (C=O) groups excluding carboxylic acids is 2. The van der Waals surface area contributed by atoms with Crippen molar-refractivity contribution in [2.75, 3.05) is 44.2 Å². The van der Waals surface area contributed by atoms with E-state index in [-0.39, 0.29) is 29.6 Å². The van der Waals surface area contributed by atoms with Crippen molar-refractivity contribution in [1.29, 1.82) is 0 Å². The average molecular weight is 505 g/mol. The number of imide groups is 1. The second-order valence-electron chi connectivity index (χ2n) is 11.9. The molecule has 3 heterocycles. The molecule has 7 heteroatoms. The quantitative estimate of drug-likeness (QED) is 0.446. The number of carbonyl (C=O) groups is 2. The largest absolute Gasteiger partial charge is 0.353 e. The lowest BCUT2D eigenvalue weighted by molar-refractivity contribution is -0.142. The van der Waals surface area contributed by atoms with Gasteiger partial charge in [-0.1, -0.05) is 37.1 Å². The third-order valence-electron chi connectivity index (χ3n) is 10.0. The van der Waals surface area contributed by atoms with Gasteiger partial charge in [-0.2, -0.15) is 4.37 Å². The van der Waals surface area contributed by atoms with Gasteiger partial charge in [0.2, 0.25) is 11.8 Å². The molecule has 5 aliphatic rings. The van der Waals surface area contributed by atoms with Crippen molar-refractivity contribution < 1.29 is 9.59 Å². The van der Waals surface area contributed by atoms with Gasteiger partial charge in [-0.15, -0.1) is 0 Å². The molecule has 2 aliphatic heterocycles. The van der Waals surface area contributed by atoms with Crippen LogP contribution in [0.4, 0.5) is 5.82 Å². The highest BCUT2D eigenvalue weighted by Crippen LogP contribution is 2.58. The number of benzene rings is 1. The molecule has 1 aromatic carbocycles. The molecule has 2 amide bonds. The second kappa shape index (κ2) is 8.95. The first-order chi connectivity index (χ1) is 17.6. The lowest BCUT2D eigenvalue weighted by Gasteiger charge is -2.40. The zero-order chi connectivity index (χ0) is 24.4. The van der Waals surface area contributed by atoms with Crippen molar-refractivity contribution in [1.82, 2.24) is 14.2 Å². The molecular weight excluding hydrogens is 468 g/mol. The zero-order valence-corrected chi connectivity index (χ0v) is 21.8. The Hall–Kier alpha value is -2.25. The smallest absolute Gasteiger partial charge is 0.233 e. The minimum Gasteiger partial charge on any atom is -0.353 e. The van der Waals surface area contributed by atoms with Gasteiger partial charge in [0.25, 0.3) is 0 Å². The van der Waals surface area contributed by atoms with E-state index in [9.17, 15) is 9.59 Å². The van der Waals surface area contributed by atoms with Gasteiger partial charge in [0.15, 0.2) is 0 Å². The van der Waals surface area contributed by atoms with Crippen LogP contribution < -0.4 is 4.90 Å². The van der Waals surface area contributed by atoms with Crippen LogP contribution in [0.25, 0.3) is 10.1 Å². The Morgan fingerprint density at radius 3 is 2.47 bits per heavy atom. The maximum atomic E-state index is 13.4. The summed E-state index contributed by atoms with van der Waals surface area (Å²) < 4.78 is 6.02. The van der Waals surface area contributed by atoms with Crippen LogP contribution in [0.15, 0.2) is 36.4 Å². The third-order valence-corrected chi connectivity index (χ3v) is 10.9. The van der Waals surface area contributed by atoms with Crippen LogP contribution in [0.3, 0.4) is 0 Å². The van der Waals surface area contributed by atoms with E-state index in [1.807, 2.05) is 0 Å². The molecule has 2 saturated heterocycles. The molecule has 2 bridgehead atoms. The number of likely N-dealkylation sites (tertiary alicyclic amines) is 1. The van der Waals surface area contributed by atoms with Crippen molar-refractivity contribution in [3.05, 3.63) is 36.4 Å². The number of amides is 2. The average Bonchev–Trinajstić information content (AvgIpc) is 3.64. The van der Waals surface area contributed by atoms with Crippen LogP contribution in [0.1, 0.15) is 38.5 Å². The van der Waals surface area contributed by atoms with Crippen molar-refractivity contribution in [2.45, 2.75) is 38.5 Å². The summed E-state index contributed by atoms with van der Waals surface area (Å²) in [5, 5.41) is 1.27. The standard InChI is InChI=1S/C29H36N4O2S/c1-18-14-21-15-23(18)26-25(21)28(34)33(29(26)35)17-20-7-3-2-6-19(20)16-31-10-12-32(13-11-31)27-22-8-4-5-9-24(22)36-30-27/h4-5,8-9,19-21,23,25-26H,1-3,6-7,10-17H2/t19-,20-,21-,23+,25-,26+/m0/s1. The first-order valence-corrected chi connectivity index (χ1v) is 14.7. The van der Waals surface area contributed by atoms with Crippen LogP contribution in [-0.2, 0) is 9.59 Å². The highest BCUT2D eigenvalue weighted by Gasteiger charge is 2.62. The van der Waals surface area contributed by atoms with E-state index in [0.29, 0.717) is 24.3 Å². The molecule has 3 aliphatic carbocycles. The van der Waals surface area contributed by atoms with Crippen molar-refractivity contribution >= 4 is 39.3 Å². The molecule has 7 rings (SSSR count). The Bertz CT molecular complexity index is 1200. The fraction of sp³-hybridized carbons (Fsp3) is 0.621. The molecule has 190 valence electrons. The maximum Gasteiger partial charge on any atom is 0.233 e. The molecule has 5 fully saturated rings. The fourth-order valence-electron chi connectivity index (χ4n) is 8.19. The van der Waals surface area contributed by atoms with E-state index in [1.165, 1.54) is 34.9 Å². The summed E-state index contributed by atoms with van der Waals surface area (Å²) in [4.78, 5) is 33.5. The van der Waals surface area contributed by atoms with E-state index in [4.69, 9.17) is 4.37 Å². The van der Waals surface area contributed by atoms with Gasteiger partial charge >= 0.3 is 0 Å². The zero-order valence-electron chi connectivity index (χ0n) is 21.0. The molecule has 0 unspecified atom stereocenters. The van der Waals surface area contributed by atoms with E-state index < -0.39 is 0 Å². The third kappa shape index (κ3) is 3.65. The number of aromatic nitrogens is 1. The molecule has 0 spiro atoms. The van der Waals surface area contributed by atoms with E-state index in [2.05, 4.69) is 40.6 Å². The van der Waals surface area contributed by atoms with Crippen molar-refractivity contribution in [3.8, 4) is 0 Å². The number of hydrogen-bond acceptors (Lipinski definition) is 6. The van der Waals surface area contributed by atoms with Crippen molar-refractivity contribution in [2.24, 2.45) is 35.5 Å². The summed E-state index contributed by atoms with van der Waals surface area (Å²) in [7, 11) is 0. The molecule has 0 N–H and O–H groups in total. The van der Waals surface area contributed by atoms with Crippen LogP contribution in [-0.4, -0.2) is 65.3 Å². The number of hydrogen-bond donors (Lipinski definition) is 0. The first-order valence-electron chi connectivity index (χ1n) is 13.9. The number of piperazine rings is 1. The van der Waals surface area contributed by atoms with Gasteiger partial charge in [-0.25, -0.2) is 0 Å². The number of nitrogens with zero attached hydrogens (tertiary/aromatic N) is 4. The molecule has 1 aromatic heterocycles. The Balaban J connectivity index is 0.990. The highest BCUT2D eigenvalue weighted by atomic mass is 32.1. The Labute approximate surface area is 217 Å². The Morgan fingerprint density at radius 2 is 1.67 bits per heavy atom. The molecule has 2 aromatic rings. The summed E-state index contributed by atoms with van der Waals surface area (Å²) in [5.41, 5.74) is 1.21.